The first-order valence-corrected chi connectivity index (χ1v) is 9.09. The summed E-state index contributed by atoms with van der Waals surface area (Å²) in [6.07, 6.45) is 4.27. The Morgan fingerprint density at radius 3 is 2.64 bits per heavy atom. The minimum absolute atomic E-state index is 0.00810. The second kappa shape index (κ2) is 7.64. The molecular weight excluding hydrogens is 312 g/mol. The topological polar surface area (TPSA) is 58.1 Å². The molecule has 132 valence electrons. The van der Waals surface area contributed by atoms with E-state index in [1.54, 1.807) is 6.07 Å². The summed E-state index contributed by atoms with van der Waals surface area (Å²) >= 11 is 0. The van der Waals surface area contributed by atoms with E-state index >= 15 is 0 Å². The summed E-state index contributed by atoms with van der Waals surface area (Å²) in [7, 11) is 0. The Morgan fingerprint density at radius 1 is 1.16 bits per heavy atom. The number of hydrogen-bond donors (Lipinski definition) is 1. The van der Waals surface area contributed by atoms with Crippen LogP contribution in [0.3, 0.4) is 0 Å². The van der Waals surface area contributed by atoms with E-state index in [-0.39, 0.29) is 5.91 Å². The number of likely N-dealkylation sites (tertiary alicyclic amines) is 1. The fourth-order valence-corrected chi connectivity index (χ4v) is 3.31. The predicted octanol–water partition coefficient (Wildman–Crippen LogP) is 4.03. The fraction of sp³-hybridized carbons (Fsp3) is 0.450. The van der Waals surface area contributed by atoms with Gasteiger partial charge in [-0.3, -0.25) is 4.79 Å². The standard InChI is InChI=1S/C20H26N4O/c1-4-16-10-8-9-14(2)18(16)23-20-21-15(3)13-17(22-20)19(25)24-11-6-5-7-12-24/h8-10,13H,4-7,11-12H2,1-3H3,(H,21,22,23). The van der Waals surface area contributed by atoms with Crippen LogP contribution in [0.4, 0.5) is 11.6 Å². The molecule has 1 amide bonds. The van der Waals surface area contributed by atoms with Gasteiger partial charge in [-0.15, -0.1) is 0 Å². The average Bonchev–Trinajstić information content (AvgIpc) is 2.63. The van der Waals surface area contributed by atoms with Crippen molar-refractivity contribution in [2.75, 3.05) is 18.4 Å². The summed E-state index contributed by atoms with van der Waals surface area (Å²) in [6.45, 7) is 7.74. The predicted molar refractivity (Wildman–Crippen MR) is 100 cm³/mol. The molecule has 5 nitrogen and oxygen atoms in total. The molecule has 2 aromatic rings. The Balaban J connectivity index is 1.88. The number of rotatable bonds is 4. The molecular formula is C20H26N4O. The minimum atomic E-state index is 0.00810. The van der Waals surface area contributed by atoms with Crippen molar-refractivity contribution in [3.05, 3.63) is 46.8 Å². The number of aryl methyl sites for hydroxylation is 3. The van der Waals surface area contributed by atoms with Gasteiger partial charge < -0.3 is 10.2 Å². The molecule has 1 N–H and O–H groups in total. The second-order valence-corrected chi connectivity index (χ2v) is 6.66. The van der Waals surface area contributed by atoms with Crippen molar-refractivity contribution in [3.8, 4) is 0 Å². The van der Waals surface area contributed by atoms with Crippen LogP contribution >= 0.6 is 0 Å². The lowest BCUT2D eigenvalue weighted by atomic mass is 10.1. The molecule has 0 atom stereocenters. The van der Waals surface area contributed by atoms with E-state index in [1.807, 2.05) is 11.8 Å². The van der Waals surface area contributed by atoms with Crippen LogP contribution in [0.2, 0.25) is 0 Å². The third kappa shape index (κ3) is 3.98. The van der Waals surface area contributed by atoms with Gasteiger partial charge in [0.25, 0.3) is 5.91 Å². The Bertz CT molecular complexity index is 766. The van der Waals surface area contributed by atoms with Crippen LogP contribution in [0.5, 0.6) is 0 Å². The molecule has 1 aliphatic heterocycles. The summed E-state index contributed by atoms with van der Waals surface area (Å²) < 4.78 is 0. The van der Waals surface area contributed by atoms with Crippen molar-refractivity contribution in [2.45, 2.75) is 46.5 Å². The summed E-state index contributed by atoms with van der Waals surface area (Å²) in [4.78, 5) is 23.6. The molecule has 1 fully saturated rings. The Kier molecular flexibility index (Phi) is 5.31. The number of hydrogen-bond acceptors (Lipinski definition) is 4. The molecule has 1 aromatic carbocycles. The van der Waals surface area contributed by atoms with Gasteiger partial charge in [-0.05, 0) is 56.7 Å². The molecule has 0 aliphatic carbocycles. The maximum absolute atomic E-state index is 12.8. The zero-order chi connectivity index (χ0) is 17.8. The van der Waals surface area contributed by atoms with Gasteiger partial charge >= 0.3 is 0 Å². The van der Waals surface area contributed by atoms with Crippen molar-refractivity contribution < 1.29 is 4.79 Å². The van der Waals surface area contributed by atoms with Crippen molar-refractivity contribution in [1.82, 2.24) is 14.9 Å². The van der Waals surface area contributed by atoms with Crippen LogP contribution in [0.15, 0.2) is 24.3 Å². The molecule has 2 heterocycles. The maximum atomic E-state index is 12.8. The van der Waals surface area contributed by atoms with Gasteiger partial charge in [0.05, 0.1) is 0 Å². The molecule has 5 heteroatoms. The van der Waals surface area contributed by atoms with Crippen LogP contribution in [-0.2, 0) is 6.42 Å². The second-order valence-electron chi connectivity index (χ2n) is 6.66. The van der Waals surface area contributed by atoms with Crippen molar-refractivity contribution in [2.24, 2.45) is 0 Å². The normalized spacial score (nSPS) is 14.4. The molecule has 3 rings (SSSR count). The van der Waals surface area contributed by atoms with Gasteiger partial charge in [0.2, 0.25) is 5.95 Å². The lowest BCUT2D eigenvalue weighted by Gasteiger charge is -2.26. The Hall–Kier alpha value is -2.43. The first-order chi connectivity index (χ1) is 12.1. The molecule has 1 aromatic heterocycles. The first kappa shape index (κ1) is 17.4. The first-order valence-electron chi connectivity index (χ1n) is 9.09. The summed E-state index contributed by atoms with van der Waals surface area (Å²) in [5, 5.41) is 3.34. The molecule has 0 saturated carbocycles. The number of amides is 1. The van der Waals surface area contributed by atoms with Crippen molar-refractivity contribution >= 4 is 17.5 Å². The average molecular weight is 338 g/mol. The summed E-state index contributed by atoms with van der Waals surface area (Å²) in [6, 6.07) is 8.00. The highest BCUT2D eigenvalue weighted by Gasteiger charge is 2.20. The molecule has 0 radical (unpaired) electrons. The lowest BCUT2D eigenvalue weighted by Crippen LogP contribution is -2.36. The van der Waals surface area contributed by atoms with Gasteiger partial charge in [0, 0.05) is 24.5 Å². The van der Waals surface area contributed by atoms with E-state index < -0.39 is 0 Å². The number of nitrogens with one attached hydrogen (secondary N) is 1. The van der Waals surface area contributed by atoms with E-state index in [2.05, 4.69) is 47.3 Å². The van der Waals surface area contributed by atoms with Gasteiger partial charge in [0.1, 0.15) is 5.69 Å². The molecule has 1 saturated heterocycles. The SMILES string of the molecule is CCc1cccc(C)c1Nc1nc(C)cc(C(=O)N2CCCCC2)n1. The lowest BCUT2D eigenvalue weighted by molar-refractivity contribution is 0.0718. The number of anilines is 2. The third-order valence-electron chi connectivity index (χ3n) is 4.69. The Morgan fingerprint density at radius 2 is 1.92 bits per heavy atom. The quantitative estimate of drug-likeness (QED) is 0.914. The minimum Gasteiger partial charge on any atom is -0.337 e. The number of aromatic nitrogens is 2. The van der Waals surface area contributed by atoms with Crippen LogP contribution in [0, 0.1) is 13.8 Å². The van der Waals surface area contributed by atoms with E-state index in [1.165, 1.54) is 12.0 Å². The number of carbonyl (C=O) groups is 1. The molecule has 25 heavy (non-hydrogen) atoms. The number of nitrogens with zero attached hydrogens (tertiary/aromatic N) is 3. The third-order valence-corrected chi connectivity index (χ3v) is 4.69. The number of benzene rings is 1. The van der Waals surface area contributed by atoms with E-state index in [4.69, 9.17) is 0 Å². The molecule has 0 spiro atoms. The highest BCUT2D eigenvalue weighted by molar-refractivity contribution is 5.92. The van der Waals surface area contributed by atoms with Crippen LogP contribution in [-0.4, -0.2) is 33.9 Å². The van der Waals surface area contributed by atoms with Crippen molar-refractivity contribution in [1.29, 1.82) is 0 Å². The number of para-hydroxylation sites is 1. The largest absolute Gasteiger partial charge is 0.337 e. The highest BCUT2D eigenvalue weighted by Crippen LogP contribution is 2.24. The van der Waals surface area contributed by atoms with Crippen molar-refractivity contribution in [3.63, 3.8) is 0 Å². The Labute approximate surface area is 149 Å². The highest BCUT2D eigenvalue weighted by atomic mass is 16.2. The monoisotopic (exact) mass is 338 g/mol. The maximum Gasteiger partial charge on any atom is 0.272 e. The summed E-state index contributed by atoms with van der Waals surface area (Å²) in [5.74, 6) is 0.498. The van der Waals surface area contributed by atoms with Crippen LogP contribution in [0.1, 0.15) is 53.5 Å². The van der Waals surface area contributed by atoms with E-state index in [0.29, 0.717) is 11.6 Å². The summed E-state index contributed by atoms with van der Waals surface area (Å²) in [5.41, 5.74) is 4.67. The van der Waals surface area contributed by atoms with Crippen LogP contribution < -0.4 is 5.32 Å². The van der Waals surface area contributed by atoms with Gasteiger partial charge in [0.15, 0.2) is 0 Å². The van der Waals surface area contributed by atoms with Gasteiger partial charge in [-0.25, -0.2) is 9.97 Å². The van der Waals surface area contributed by atoms with Gasteiger partial charge in [-0.2, -0.15) is 0 Å². The smallest absolute Gasteiger partial charge is 0.272 e. The van der Waals surface area contributed by atoms with E-state index in [0.717, 1.165) is 49.3 Å². The molecule has 0 bridgehead atoms. The number of piperidine rings is 1. The zero-order valence-electron chi connectivity index (χ0n) is 15.3. The fourth-order valence-electron chi connectivity index (χ4n) is 3.31. The molecule has 0 unspecified atom stereocenters. The molecule has 1 aliphatic rings. The van der Waals surface area contributed by atoms with E-state index in [9.17, 15) is 4.79 Å². The van der Waals surface area contributed by atoms with Crippen LogP contribution in [0.25, 0.3) is 0 Å². The number of carbonyl (C=O) groups excluding carboxylic acids is 1. The zero-order valence-corrected chi connectivity index (χ0v) is 15.3. The van der Waals surface area contributed by atoms with Gasteiger partial charge in [-0.1, -0.05) is 25.1 Å².